The molecular formula is C13H11ClFN3S. The van der Waals surface area contributed by atoms with Gasteiger partial charge in [-0.1, -0.05) is 35.1 Å². The highest BCUT2D eigenvalue weighted by Crippen LogP contribution is 2.26. The summed E-state index contributed by atoms with van der Waals surface area (Å²) in [6.07, 6.45) is 0. The average molecular weight is 296 g/mol. The standard InChI is InChI=1S/C13H11ClFN3S/c1-7-3-9(4-8(2)11(7)15)6-17-13-18-12(14)10(5-16)19-13/h3-4H,6H2,1-2H3,(H,17,18). The van der Waals surface area contributed by atoms with Gasteiger partial charge < -0.3 is 5.32 Å². The summed E-state index contributed by atoms with van der Waals surface area (Å²) >= 11 is 6.99. The fourth-order valence-electron chi connectivity index (χ4n) is 1.76. The summed E-state index contributed by atoms with van der Waals surface area (Å²) in [5.74, 6) is -0.173. The molecule has 19 heavy (non-hydrogen) atoms. The van der Waals surface area contributed by atoms with Crippen molar-refractivity contribution in [1.29, 1.82) is 5.26 Å². The normalized spacial score (nSPS) is 10.3. The third kappa shape index (κ3) is 3.03. The van der Waals surface area contributed by atoms with Gasteiger partial charge in [0.2, 0.25) is 0 Å². The molecule has 0 aliphatic carbocycles. The van der Waals surface area contributed by atoms with E-state index in [9.17, 15) is 4.39 Å². The number of halogens is 2. The second-order valence-electron chi connectivity index (χ2n) is 4.15. The topological polar surface area (TPSA) is 48.7 Å². The van der Waals surface area contributed by atoms with Gasteiger partial charge in [0.1, 0.15) is 16.8 Å². The molecule has 0 radical (unpaired) electrons. The Morgan fingerprint density at radius 3 is 2.58 bits per heavy atom. The minimum atomic E-state index is -0.173. The number of hydrogen-bond donors (Lipinski definition) is 1. The molecule has 1 aromatic carbocycles. The second kappa shape index (κ2) is 5.55. The Labute approximate surface area is 119 Å². The Bertz CT molecular complexity index is 637. The summed E-state index contributed by atoms with van der Waals surface area (Å²) in [5, 5.41) is 12.7. The van der Waals surface area contributed by atoms with E-state index >= 15 is 0 Å². The number of hydrogen-bond acceptors (Lipinski definition) is 4. The summed E-state index contributed by atoms with van der Waals surface area (Å²) in [5.41, 5.74) is 2.19. The summed E-state index contributed by atoms with van der Waals surface area (Å²) in [6.45, 7) is 3.98. The fraction of sp³-hybridized carbons (Fsp3) is 0.231. The molecule has 0 spiro atoms. The van der Waals surface area contributed by atoms with Crippen molar-refractivity contribution < 1.29 is 4.39 Å². The van der Waals surface area contributed by atoms with Crippen LogP contribution < -0.4 is 5.32 Å². The molecule has 1 N–H and O–H groups in total. The molecule has 0 saturated heterocycles. The molecule has 0 fully saturated rings. The highest BCUT2D eigenvalue weighted by molar-refractivity contribution is 7.16. The van der Waals surface area contributed by atoms with Gasteiger partial charge in [-0.15, -0.1) is 0 Å². The van der Waals surface area contributed by atoms with Crippen LogP contribution in [0.5, 0.6) is 0 Å². The Balaban J connectivity index is 2.12. The lowest BCUT2D eigenvalue weighted by atomic mass is 10.1. The van der Waals surface area contributed by atoms with E-state index < -0.39 is 0 Å². The molecule has 0 aliphatic rings. The van der Waals surface area contributed by atoms with Crippen molar-refractivity contribution in [3.05, 3.63) is 44.7 Å². The number of aryl methyl sites for hydroxylation is 2. The van der Waals surface area contributed by atoms with Crippen molar-refractivity contribution in [1.82, 2.24) is 4.98 Å². The van der Waals surface area contributed by atoms with Gasteiger partial charge in [0.25, 0.3) is 0 Å². The number of anilines is 1. The van der Waals surface area contributed by atoms with Crippen LogP contribution in [0.4, 0.5) is 9.52 Å². The number of thiazole rings is 1. The molecule has 98 valence electrons. The zero-order valence-corrected chi connectivity index (χ0v) is 12.0. The Hall–Kier alpha value is -1.64. The van der Waals surface area contributed by atoms with Crippen LogP contribution in [-0.2, 0) is 6.54 Å². The zero-order valence-electron chi connectivity index (χ0n) is 10.4. The van der Waals surface area contributed by atoms with Gasteiger partial charge in [-0.25, -0.2) is 9.37 Å². The van der Waals surface area contributed by atoms with Crippen LogP contribution in [-0.4, -0.2) is 4.98 Å². The highest BCUT2D eigenvalue weighted by Gasteiger charge is 2.09. The maximum Gasteiger partial charge on any atom is 0.185 e. The van der Waals surface area contributed by atoms with E-state index in [-0.39, 0.29) is 11.0 Å². The molecule has 0 unspecified atom stereocenters. The molecule has 3 nitrogen and oxygen atoms in total. The van der Waals surface area contributed by atoms with Crippen LogP contribution in [0, 0.1) is 31.0 Å². The number of benzene rings is 1. The SMILES string of the molecule is Cc1cc(CNc2nc(Cl)c(C#N)s2)cc(C)c1F. The monoisotopic (exact) mass is 295 g/mol. The molecule has 0 saturated carbocycles. The maximum absolute atomic E-state index is 13.5. The van der Waals surface area contributed by atoms with Crippen LogP contribution in [0.2, 0.25) is 5.15 Å². The van der Waals surface area contributed by atoms with Crippen molar-refractivity contribution in [3.8, 4) is 6.07 Å². The van der Waals surface area contributed by atoms with Crippen LogP contribution in [0.25, 0.3) is 0 Å². The first-order valence-corrected chi connectivity index (χ1v) is 6.76. The Morgan fingerprint density at radius 1 is 1.42 bits per heavy atom. The minimum Gasteiger partial charge on any atom is -0.357 e. The predicted octanol–water partition coefficient (Wildman–Crippen LogP) is 4.04. The molecule has 1 heterocycles. The second-order valence-corrected chi connectivity index (χ2v) is 5.50. The van der Waals surface area contributed by atoms with Crippen LogP contribution in [0.1, 0.15) is 21.6 Å². The lowest BCUT2D eigenvalue weighted by molar-refractivity contribution is 0.608. The van der Waals surface area contributed by atoms with Crippen LogP contribution in [0.15, 0.2) is 12.1 Å². The van der Waals surface area contributed by atoms with Gasteiger partial charge in [-0.3, -0.25) is 0 Å². The molecule has 1 aromatic heterocycles. The lowest BCUT2D eigenvalue weighted by Gasteiger charge is -2.07. The van der Waals surface area contributed by atoms with E-state index in [1.54, 1.807) is 26.0 Å². The van der Waals surface area contributed by atoms with E-state index in [2.05, 4.69) is 10.3 Å². The molecule has 0 atom stereocenters. The first-order chi connectivity index (χ1) is 9.01. The third-order valence-corrected chi connectivity index (χ3v) is 3.93. The molecular weight excluding hydrogens is 285 g/mol. The summed E-state index contributed by atoms with van der Waals surface area (Å²) in [7, 11) is 0. The number of nitriles is 1. The number of rotatable bonds is 3. The summed E-state index contributed by atoms with van der Waals surface area (Å²) in [4.78, 5) is 4.42. The van der Waals surface area contributed by atoms with E-state index in [0.29, 0.717) is 27.7 Å². The van der Waals surface area contributed by atoms with Gasteiger partial charge in [0.05, 0.1) is 0 Å². The van der Waals surface area contributed by atoms with Gasteiger partial charge in [0, 0.05) is 6.54 Å². The summed E-state index contributed by atoms with van der Waals surface area (Å²) < 4.78 is 13.5. The molecule has 0 aliphatic heterocycles. The van der Waals surface area contributed by atoms with E-state index in [1.165, 1.54) is 11.3 Å². The average Bonchev–Trinajstić information content (AvgIpc) is 2.74. The maximum atomic E-state index is 13.5. The molecule has 0 bridgehead atoms. The Morgan fingerprint density at radius 2 is 2.05 bits per heavy atom. The molecule has 6 heteroatoms. The molecule has 0 amide bonds. The van der Waals surface area contributed by atoms with Gasteiger partial charge >= 0.3 is 0 Å². The zero-order chi connectivity index (χ0) is 14.0. The first kappa shape index (κ1) is 13.8. The summed E-state index contributed by atoms with van der Waals surface area (Å²) in [6, 6.07) is 5.55. The van der Waals surface area contributed by atoms with E-state index in [0.717, 1.165) is 5.56 Å². The largest absolute Gasteiger partial charge is 0.357 e. The van der Waals surface area contributed by atoms with Crippen molar-refractivity contribution in [3.63, 3.8) is 0 Å². The number of nitrogens with zero attached hydrogens (tertiary/aromatic N) is 2. The first-order valence-electron chi connectivity index (χ1n) is 5.57. The number of nitrogens with one attached hydrogen (secondary N) is 1. The van der Waals surface area contributed by atoms with Gasteiger partial charge in [-0.05, 0) is 30.5 Å². The van der Waals surface area contributed by atoms with Crippen molar-refractivity contribution >= 4 is 28.1 Å². The fourth-order valence-corrected chi connectivity index (χ4v) is 2.70. The van der Waals surface area contributed by atoms with E-state index in [4.69, 9.17) is 16.9 Å². The van der Waals surface area contributed by atoms with Crippen molar-refractivity contribution in [2.24, 2.45) is 0 Å². The van der Waals surface area contributed by atoms with Crippen LogP contribution >= 0.6 is 22.9 Å². The highest BCUT2D eigenvalue weighted by atomic mass is 35.5. The lowest BCUT2D eigenvalue weighted by Crippen LogP contribution is -2.01. The number of aromatic nitrogens is 1. The van der Waals surface area contributed by atoms with Crippen LogP contribution in [0.3, 0.4) is 0 Å². The Kier molecular flexibility index (Phi) is 4.03. The smallest absolute Gasteiger partial charge is 0.185 e. The quantitative estimate of drug-likeness (QED) is 0.930. The van der Waals surface area contributed by atoms with E-state index in [1.807, 2.05) is 6.07 Å². The van der Waals surface area contributed by atoms with Gasteiger partial charge in [-0.2, -0.15) is 5.26 Å². The molecule has 2 aromatic rings. The van der Waals surface area contributed by atoms with Crippen molar-refractivity contribution in [2.45, 2.75) is 20.4 Å². The predicted molar refractivity (Wildman–Crippen MR) is 75.0 cm³/mol. The van der Waals surface area contributed by atoms with Gasteiger partial charge in [0.15, 0.2) is 10.3 Å². The van der Waals surface area contributed by atoms with Crippen molar-refractivity contribution in [2.75, 3.05) is 5.32 Å². The molecule has 2 rings (SSSR count). The third-order valence-electron chi connectivity index (χ3n) is 2.63. The minimum absolute atomic E-state index is 0.173.